The molecule has 0 heterocycles. The minimum Gasteiger partial charge on any atom is -0.393 e. The van der Waals surface area contributed by atoms with E-state index in [9.17, 15) is 5.11 Å². The summed E-state index contributed by atoms with van der Waals surface area (Å²) in [7, 11) is 0. The SMILES string of the molecule is CCCCC[C@H](O)C(C)C. The van der Waals surface area contributed by atoms with Gasteiger partial charge in [-0.15, -0.1) is 0 Å². The summed E-state index contributed by atoms with van der Waals surface area (Å²) in [5.74, 6) is 0.428. The van der Waals surface area contributed by atoms with Gasteiger partial charge in [0, 0.05) is 0 Å². The van der Waals surface area contributed by atoms with E-state index in [1.807, 2.05) is 0 Å². The highest BCUT2D eigenvalue weighted by molar-refractivity contribution is 4.58. The molecule has 0 aliphatic rings. The molecule has 0 aliphatic carbocycles. The Morgan fingerprint density at radius 2 is 1.80 bits per heavy atom. The Kier molecular flexibility index (Phi) is 5.70. The van der Waals surface area contributed by atoms with Gasteiger partial charge in [0.05, 0.1) is 6.10 Å². The topological polar surface area (TPSA) is 20.2 Å². The van der Waals surface area contributed by atoms with E-state index in [4.69, 9.17) is 0 Å². The summed E-state index contributed by atoms with van der Waals surface area (Å²) >= 11 is 0. The molecule has 1 atom stereocenters. The van der Waals surface area contributed by atoms with Gasteiger partial charge in [-0.1, -0.05) is 40.0 Å². The first-order chi connectivity index (χ1) is 4.68. The first kappa shape index (κ1) is 9.96. The fraction of sp³-hybridized carbons (Fsp3) is 1.00. The van der Waals surface area contributed by atoms with Gasteiger partial charge in [0.15, 0.2) is 0 Å². The average molecular weight is 144 g/mol. The molecule has 0 radical (unpaired) electrons. The quantitative estimate of drug-likeness (QED) is 0.588. The number of aliphatic hydroxyl groups excluding tert-OH is 1. The second-order valence-corrected chi connectivity index (χ2v) is 3.31. The molecule has 0 aromatic rings. The van der Waals surface area contributed by atoms with Crippen LogP contribution in [0.3, 0.4) is 0 Å². The lowest BCUT2D eigenvalue weighted by Gasteiger charge is -2.13. The molecule has 0 unspecified atom stereocenters. The van der Waals surface area contributed by atoms with Crippen LogP contribution in [0.4, 0.5) is 0 Å². The van der Waals surface area contributed by atoms with Crippen molar-refractivity contribution in [2.75, 3.05) is 0 Å². The van der Waals surface area contributed by atoms with Gasteiger partial charge in [-0.05, 0) is 12.3 Å². The molecule has 0 saturated heterocycles. The van der Waals surface area contributed by atoms with E-state index < -0.39 is 0 Å². The Morgan fingerprint density at radius 1 is 1.20 bits per heavy atom. The molecule has 0 spiro atoms. The predicted molar refractivity (Wildman–Crippen MR) is 45.0 cm³/mol. The Balaban J connectivity index is 3.13. The molecule has 1 N–H and O–H groups in total. The van der Waals surface area contributed by atoms with Crippen LogP contribution in [0.5, 0.6) is 0 Å². The molecule has 0 saturated carbocycles. The van der Waals surface area contributed by atoms with E-state index in [1.54, 1.807) is 0 Å². The lowest BCUT2D eigenvalue weighted by Crippen LogP contribution is -2.13. The first-order valence-electron chi connectivity index (χ1n) is 4.36. The van der Waals surface area contributed by atoms with Crippen molar-refractivity contribution in [3.05, 3.63) is 0 Å². The first-order valence-corrected chi connectivity index (χ1v) is 4.36. The number of hydrogen-bond donors (Lipinski definition) is 1. The second kappa shape index (κ2) is 5.72. The number of aliphatic hydroxyl groups is 1. The largest absolute Gasteiger partial charge is 0.393 e. The number of rotatable bonds is 5. The van der Waals surface area contributed by atoms with Gasteiger partial charge in [-0.3, -0.25) is 0 Å². The lowest BCUT2D eigenvalue weighted by atomic mass is 10.0. The fourth-order valence-corrected chi connectivity index (χ4v) is 0.937. The highest BCUT2D eigenvalue weighted by Crippen LogP contribution is 2.10. The minimum atomic E-state index is -0.0773. The van der Waals surface area contributed by atoms with Crippen molar-refractivity contribution in [1.29, 1.82) is 0 Å². The van der Waals surface area contributed by atoms with Gasteiger partial charge in [0.25, 0.3) is 0 Å². The second-order valence-electron chi connectivity index (χ2n) is 3.31. The van der Waals surface area contributed by atoms with Crippen molar-refractivity contribution in [2.45, 2.75) is 52.6 Å². The molecule has 0 aromatic carbocycles. The lowest BCUT2D eigenvalue weighted by molar-refractivity contribution is 0.113. The van der Waals surface area contributed by atoms with Crippen LogP contribution in [-0.2, 0) is 0 Å². The summed E-state index contributed by atoms with van der Waals surface area (Å²) in [4.78, 5) is 0. The Labute approximate surface area is 64.5 Å². The summed E-state index contributed by atoms with van der Waals surface area (Å²) in [5.41, 5.74) is 0. The van der Waals surface area contributed by atoms with E-state index in [0.29, 0.717) is 5.92 Å². The van der Waals surface area contributed by atoms with Crippen LogP contribution in [0.2, 0.25) is 0 Å². The van der Waals surface area contributed by atoms with E-state index >= 15 is 0 Å². The summed E-state index contributed by atoms with van der Waals surface area (Å²) < 4.78 is 0. The van der Waals surface area contributed by atoms with Gasteiger partial charge in [0.1, 0.15) is 0 Å². The highest BCUT2D eigenvalue weighted by atomic mass is 16.3. The van der Waals surface area contributed by atoms with Crippen molar-refractivity contribution in [1.82, 2.24) is 0 Å². The number of hydrogen-bond acceptors (Lipinski definition) is 1. The Hall–Kier alpha value is -0.0400. The molecule has 0 bridgehead atoms. The van der Waals surface area contributed by atoms with Crippen LogP contribution in [-0.4, -0.2) is 11.2 Å². The Morgan fingerprint density at radius 3 is 2.20 bits per heavy atom. The standard InChI is InChI=1S/C9H20O/c1-4-5-6-7-9(10)8(2)3/h8-10H,4-7H2,1-3H3/t9-/m0/s1. The summed E-state index contributed by atoms with van der Waals surface area (Å²) in [6.45, 7) is 6.31. The molecular formula is C9H20O. The fourth-order valence-electron chi connectivity index (χ4n) is 0.937. The third kappa shape index (κ3) is 4.80. The molecular weight excluding hydrogens is 124 g/mol. The summed E-state index contributed by atoms with van der Waals surface area (Å²) in [5, 5.41) is 9.35. The van der Waals surface area contributed by atoms with Crippen LogP contribution in [0.25, 0.3) is 0 Å². The summed E-state index contributed by atoms with van der Waals surface area (Å²) in [6, 6.07) is 0. The average Bonchev–Trinajstić information content (AvgIpc) is 1.88. The van der Waals surface area contributed by atoms with E-state index in [2.05, 4.69) is 20.8 Å². The maximum atomic E-state index is 9.35. The van der Waals surface area contributed by atoms with Crippen molar-refractivity contribution >= 4 is 0 Å². The smallest absolute Gasteiger partial charge is 0.0563 e. The molecule has 0 amide bonds. The molecule has 0 fully saturated rings. The van der Waals surface area contributed by atoms with Gasteiger partial charge in [0.2, 0.25) is 0 Å². The van der Waals surface area contributed by atoms with Crippen LogP contribution in [0.1, 0.15) is 46.5 Å². The molecule has 0 aliphatic heterocycles. The van der Waals surface area contributed by atoms with Crippen molar-refractivity contribution in [3.8, 4) is 0 Å². The van der Waals surface area contributed by atoms with Crippen molar-refractivity contribution < 1.29 is 5.11 Å². The monoisotopic (exact) mass is 144 g/mol. The predicted octanol–water partition coefficient (Wildman–Crippen LogP) is 2.58. The van der Waals surface area contributed by atoms with E-state index in [0.717, 1.165) is 6.42 Å². The van der Waals surface area contributed by atoms with Crippen molar-refractivity contribution in [2.24, 2.45) is 5.92 Å². The van der Waals surface area contributed by atoms with Crippen LogP contribution >= 0.6 is 0 Å². The van der Waals surface area contributed by atoms with Crippen LogP contribution < -0.4 is 0 Å². The molecule has 62 valence electrons. The molecule has 0 rings (SSSR count). The maximum absolute atomic E-state index is 9.35. The zero-order valence-electron chi connectivity index (χ0n) is 7.43. The maximum Gasteiger partial charge on any atom is 0.0563 e. The van der Waals surface area contributed by atoms with Gasteiger partial charge < -0.3 is 5.11 Å². The van der Waals surface area contributed by atoms with Crippen LogP contribution in [0, 0.1) is 5.92 Å². The van der Waals surface area contributed by atoms with Crippen LogP contribution in [0.15, 0.2) is 0 Å². The third-order valence-electron chi connectivity index (χ3n) is 1.87. The molecule has 10 heavy (non-hydrogen) atoms. The van der Waals surface area contributed by atoms with E-state index in [-0.39, 0.29) is 6.10 Å². The normalized spacial score (nSPS) is 14.1. The van der Waals surface area contributed by atoms with Gasteiger partial charge in [-0.2, -0.15) is 0 Å². The zero-order valence-corrected chi connectivity index (χ0v) is 7.43. The van der Waals surface area contributed by atoms with Gasteiger partial charge in [-0.25, -0.2) is 0 Å². The molecule has 1 nitrogen and oxygen atoms in total. The minimum absolute atomic E-state index is 0.0773. The molecule has 1 heteroatoms. The summed E-state index contributed by atoms with van der Waals surface area (Å²) in [6.07, 6.45) is 4.57. The van der Waals surface area contributed by atoms with Crippen molar-refractivity contribution in [3.63, 3.8) is 0 Å². The van der Waals surface area contributed by atoms with Gasteiger partial charge >= 0.3 is 0 Å². The third-order valence-corrected chi connectivity index (χ3v) is 1.87. The van der Waals surface area contributed by atoms with E-state index in [1.165, 1.54) is 19.3 Å². The number of unbranched alkanes of at least 4 members (excludes halogenated alkanes) is 2. The zero-order chi connectivity index (χ0) is 7.98. The molecule has 0 aromatic heterocycles. The Bertz CT molecular complexity index is 69.1. The highest BCUT2D eigenvalue weighted by Gasteiger charge is 2.06.